The molecule has 2 rings (SSSR count). The Hall–Kier alpha value is -2.53. The van der Waals surface area contributed by atoms with Gasteiger partial charge in [-0.3, -0.25) is 4.79 Å². The Bertz CT molecular complexity index is 743. The van der Waals surface area contributed by atoms with Crippen molar-refractivity contribution in [2.75, 3.05) is 19.5 Å². The molecule has 1 unspecified atom stereocenters. The highest BCUT2D eigenvalue weighted by Crippen LogP contribution is 2.31. The van der Waals surface area contributed by atoms with Crippen molar-refractivity contribution in [2.45, 2.75) is 38.7 Å². The Kier molecular flexibility index (Phi) is 7.04. The number of ether oxygens (including phenoxy) is 2. The van der Waals surface area contributed by atoms with Crippen LogP contribution >= 0.6 is 0 Å². The second-order valence-electron chi connectivity index (χ2n) is 6.45. The first-order valence-corrected chi connectivity index (χ1v) is 8.75. The van der Waals surface area contributed by atoms with Crippen molar-refractivity contribution in [2.24, 2.45) is 0 Å². The molecule has 0 aliphatic rings. The molecule has 0 aliphatic heterocycles. The van der Waals surface area contributed by atoms with E-state index in [-0.39, 0.29) is 12.3 Å². The number of hydrogen-bond donors (Lipinski definition) is 2. The van der Waals surface area contributed by atoms with E-state index in [1.165, 1.54) is 0 Å². The van der Waals surface area contributed by atoms with Crippen molar-refractivity contribution in [3.05, 3.63) is 53.6 Å². The number of benzene rings is 2. The number of hydrogen-bond acceptors (Lipinski definition) is 4. The SMILES string of the molecule is COc1ccc(C(O)CCC(=O)Nc2ccccc2C(C)C)c(OC)c1. The van der Waals surface area contributed by atoms with E-state index in [1.54, 1.807) is 32.4 Å². The molecule has 2 aromatic carbocycles. The first-order chi connectivity index (χ1) is 12.5. The van der Waals surface area contributed by atoms with Crippen LogP contribution in [0, 0.1) is 0 Å². The van der Waals surface area contributed by atoms with Crippen LogP contribution in [0.15, 0.2) is 42.5 Å². The van der Waals surface area contributed by atoms with Gasteiger partial charge in [-0.15, -0.1) is 0 Å². The molecule has 0 radical (unpaired) electrons. The molecule has 0 bridgehead atoms. The van der Waals surface area contributed by atoms with Gasteiger partial charge in [-0.25, -0.2) is 0 Å². The van der Waals surface area contributed by atoms with E-state index < -0.39 is 6.10 Å². The summed E-state index contributed by atoms with van der Waals surface area (Å²) in [4.78, 5) is 12.3. The second kappa shape index (κ2) is 9.25. The molecule has 0 spiro atoms. The van der Waals surface area contributed by atoms with Crippen LogP contribution in [0.2, 0.25) is 0 Å². The molecule has 26 heavy (non-hydrogen) atoms. The lowest BCUT2D eigenvalue weighted by Crippen LogP contribution is -2.14. The number of para-hydroxylation sites is 1. The molecule has 5 nitrogen and oxygen atoms in total. The van der Waals surface area contributed by atoms with Crippen molar-refractivity contribution < 1.29 is 19.4 Å². The number of carbonyl (C=O) groups excluding carboxylic acids is 1. The van der Waals surface area contributed by atoms with Crippen LogP contribution in [0.25, 0.3) is 0 Å². The van der Waals surface area contributed by atoms with Gasteiger partial charge in [0, 0.05) is 23.7 Å². The topological polar surface area (TPSA) is 67.8 Å². The zero-order chi connectivity index (χ0) is 19.1. The first kappa shape index (κ1) is 19.8. The number of nitrogens with one attached hydrogen (secondary N) is 1. The highest BCUT2D eigenvalue weighted by molar-refractivity contribution is 5.91. The fourth-order valence-electron chi connectivity index (χ4n) is 2.84. The Labute approximate surface area is 155 Å². The fraction of sp³-hybridized carbons (Fsp3) is 0.381. The first-order valence-electron chi connectivity index (χ1n) is 8.75. The molecule has 2 aromatic rings. The van der Waals surface area contributed by atoms with Gasteiger partial charge >= 0.3 is 0 Å². The average molecular weight is 357 g/mol. The van der Waals surface area contributed by atoms with E-state index in [0.717, 1.165) is 11.3 Å². The van der Waals surface area contributed by atoms with Gasteiger partial charge in [-0.05, 0) is 36.1 Å². The highest BCUT2D eigenvalue weighted by atomic mass is 16.5. The molecule has 2 N–H and O–H groups in total. The van der Waals surface area contributed by atoms with Crippen LogP contribution in [-0.4, -0.2) is 25.2 Å². The number of aliphatic hydroxyl groups is 1. The lowest BCUT2D eigenvalue weighted by atomic mass is 10.0. The molecule has 0 aromatic heterocycles. The van der Waals surface area contributed by atoms with Gasteiger partial charge in [0.1, 0.15) is 11.5 Å². The predicted octanol–water partition coefficient (Wildman–Crippen LogP) is 4.28. The summed E-state index contributed by atoms with van der Waals surface area (Å²) in [7, 11) is 3.12. The summed E-state index contributed by atoms with van der Waals surface area (Å²) in [6, 6.07) is 13.0. The van der Waals surface area contributed by atoms with Crippen molar-refractivity contribution in [3.63, 3.8) is 0 Å². The number of amides is 1. The molecule has 0 saturated heterocycles. The third-order valence-electron chi connectivity index (χ3n) is 4.30. The van der Waals surface area contributed by atoms with E-state index in [4.69, 9.17) is 9.47 Å². The molecule has 0 saturated carbocycles. The minimum atomic E-state index is -0.790. The summed E-state index contributed by atoms with van der Waals surface area (Å²) in [6.07, 6.45) is -0.275. The Morgan fingerprint density at radius 2 is 1.81 bits per heavy atom. The number of aliphatic hydroxyl groups excluding tert-OH is 1. The van der Waals surface area contributed by atoms with E-state index >= 15 is 0 Å². The van der Waals surface area contributed by atoms with Crippen LogP contribution in [0.4, 0.5) is 5.69 Å². The molecule has 0 fully saturated rings. The van der Waals surface area contributed by atoms with Gasteiger partial charge in [0.15, 0.2) is 0 Å². The monoisotopic (exact) mass is 357 g/mol. The zero-order valence-electron chi connectivity index (χ0n) is 15.8. The molecule has 1 atom stereocenters. The molecule has 0 heterocycles. The Morgan fingerprint density at radius 3 is 2.46 bits per heavy atom. The normalized spacial score (nSPS) is 11.9. The molecule has 140 valence electrons. The number of methoxy groups -OCH3 is 2. The van der Waals surface area contributed by atoms with E-state index in [2.05, 4.69) is 19.2 Å². The molecule has 0 aliphatic carbocycles. The standard InChI is InChI=1S/C21H27NO4/c1-14(2)16-7-5-6-8-18(16)22-21(24)12-11-19(23)17-10-9-15(25-3)13-20(17)26-4/h5-10,13-14,19,23H,11-12H2,1-4H3,(H,22,24). The lowest BCUT2D eigenvalue weighted by Gasteiger charge is -2.16. The summed E-state index contributed by atoms with van der Waals surface area (Å²) in [5.41, 5.74) is 2.56. The van der Waals surface area contributed by atoms with Crippen LogP contribution in [-0.2, 0) is 4.79 Å². The summed E-state index contributed by atoms with van der Waals surface area (Å²) in [5.74, 6) is 1.40. The van der Waals surface area contributed by atoms with E-state index in [1.807, 2.05) is 24.3 Å². The number of carbonyl (C=O) groups is 1. The third-order valence-corrected chi connectivity index (χ3v) is 4.30. The van der Waals surface area contributed by atoms with Gasteiger partial charge in [0.05, 0.1) is 20.3 Å². The van der Waals surface area contributed by atoms with Crippen LogP contribution in [0.1, 0.15) is 49.8 Å². The maximum atomic E-state index is 12.3. The molecule has 1 amide bonds. The Balaban J connectivity index is 1.99. The van der Waals surface area contributed by atoms with Crippen molar-refractivity contribution in [1.82, 2.24) is 0 Å². The molecular weight excluding hydrogens is 330 g/mol. The van der Waals surface area contributed by atoms with Crippen LogP contribution in [0.3, 0.4) is 0 Å². The minimum absolute atomic E-state index is 0.121. The van der Waals surface area contributed by atoms with Gasteiger partial charge in [-0.1, -0.05) is 32.0 Å². The minimum Gasteiger partial charge on any atom is -0.497 e. The summed E-state index contributed by atoms with van der Waals surface area (Å²) in [6.45, 7) is 4.18. The van der Waals surface area contributed by atoms with Gasteiger partial charge in [0.25, 0.3) is 0 Å². The highest BCUT2D eigenvalue weighted by Gasteiger charge is 2.16. The number of rotatable bonds is 8. The summed E-state index contributed by atoms with van der Waals surface area (Å²) >= 11 is 0. The quantitative estimate of drug-likeness (QED) is 0.740. The predicted molar refractivity (Wildman–Crippen MR) is 103 cm³/mol. The second-order valence-corrected chi connectivity index (χ2v) is 6.45. The van der Waals surface area contributed by atoms with Crippen molar-refractivity contribution in [1.29, 1.82) is 0 Å². The molecule has 5 heteroatoms. The lowest BCUT2D eigenvalue weighted by molar-refractivity contribution is -0.116. The third kappa shape index (κ3) is 4.99. The van der Waals surface area contributed by atoms with Gasteiger partial charge in [-0.2, -0.15) is 0 Å². The maximum absolute atomic E-state index is 12.3. The molecular formula is C21H27NO4. The fourth-order valence-corrected chi connectivity index (χ4v) is 2.84. The van der Waals surface area contributed by atoms with Crippen molar-refractivity contribution in [3.8, 4) is 11.5 Å². The maximum Gasteiger partial charge on any atom is 0.224 e. The van der Waals surface area contributed by atoms with Crippen molar-refractivity contribution >= 4 is 11.6 Å². The number of anilines is 1. The Morgan fingerprint density at radius 1 is 1.08 bits per heavy atom. The van der Waals surface area contributed by atoms with Gasteiger partial charge < -0.3 is 19.9 Å². The van der Waals surface area contributed by atoms with E-state index in [0.29, 0.717) is 29.4 Å². The van der Waals surface area contributed by atoms with Crippen LogP contribution in [0.5, 0.6) is 11.5 Å². The largest absolute Gasteiger partial charge is 0.497 e. The zero-order valence-corrected chi connectivity index (χ0v) is 15.8. The van der Waals surface area contributed by atoms with Gasteiger partial charge in [0.2, 0.25) is 5.91 Å². The van der Waals surface area contributed by atoms with Crippen LogP contribution < -0.4 is 14.8 Å². The average Bonchev–Trinajstić information content (AvgIpc) is 2.65. The van der Waals surface area contributed by atoms with E-state index in [9.17, 15) is 9.90 Å². The summed E-state index contributed by atoms with van der Waals surface area (Å²) in [5, 5.41) is 13.4. The smallest absolute Gasteiger partial charge is 0.224 e. The summed E-state index contributed by atoms with van der Waals surface area (Å²) < 4.78 is 10.5.